The average Bonchev–Trinajstić information content (AvgIpc) is 2.39. The normalized spacial score (nSPS) is 10.8. The highest BCUT2D eigenvalue weighted by molar-refractivity contribution is 9.10. The summed E-state index contributed by atoms with van der Waals surface area (Å²) >= 11 is 3.43. The molecule has 0 aromatic heterocycles. The maximum absolute atomic E-state index is 12.1. The fourth-order valence-electron chi connectivity index (χ4n) is 1.70. The third-order valence-electron chi connectivity index (χ3n) is 3.52. The van der Waals surface area contributed by atoms with E-state index >= 15 is 0 Å². The minimum Gasteiger partial charge on any atom is -0.350 e. The summed E-state index contributed by atoms with van der Waals surface area (Å²) < 4.78 is 0.945. The molecule has 0 bridgehead atoms. The van der Waals surface area contributed by atoms with Gasteiger partial charge in [-0.3, -0.25) is 4.79 Å². The van der Waals surface area contributed by atoms with Crippen LogP contribution in [0.1, 0.15) is 42.6 Å². The number of hydrogen-bond donors (Lipinski definition) is 2. The Bertz CT molecular complexity index is 433. The summed E-state index contributed by atoms with van der Waals surface area (Å²) in [6.45, 7) is 6.51. The van der Waals surface area contributed by atoms with Crippen LogP contribution in [0.4, 0.5) is 0 Å². The van der Waals surface area contributed by atoms with Crippen molar-refractivity contribution in [2.45, 2.75) is 39.2 Å². The van der Waals surface area contributed by atoms with E-state index in [1.54, 1.807) is 0 Å². The predicted octanol–water partition coefficient (Wildman–Crippen LogP) is 3.43. The summed E-state index contributed by atoms with van der Waals surface area (Å²) in [7, 11) is 0. The molecule has 3 N–H and O–H groups in total. The molecule has 0 unspecified atom stereocenters. The molecular formula is C14H22BrClN2O. The molecule has 0 aliphatic carbocycles. The smallest absolute Gasteiger partial charge is 0.251 e. The van der Waals surface area contributed by atoms with Crippen LogP contribution in [0.15, 0.2) is 22.7 Å². The lowest BCUT2D eigenvalue weighted by Gasteiger charge is -2.27. The van der Waals surface area contributed by atoms with Gasteiger partial charge in [-0.2, -0.15) is 0 Å². The number of halogens is 2. The standard InChI is InChI=1S/C14H21BrN2O.ClH/c1-4-14(16,5-2)9-17-13(18)11-7-6-8-12(15)10(11)3;/h6-8H,4-5,9,16H2,1-3H3,(H,17,18);1H. The van der Waals surface area contributed by atoms with Gasteiger partial charge in [0.2, 0.25) is 0 Å². The first-order chi connectivity index (χ1) is 8.43. The molecule has 0 aliphatic heterocycles. The third kappa shape index (κ3) is 4.79. The predicted molar refractivity (Wildman–Crippen MR) is 86.0 cm³/mol. The summed E-state index contributed by atoms with van der Waals surface area (Å²) in [5, 5.41) is 2.92. The van der Waals surface area contributed by atoms with Crippen molar-refractivity contribution in [3.05, 3.63) is 33.8 Å². The minimum atomic E-state index is -0.310. The first kappa shape index (κ1) is 18.4. The molecule has 0 radical (unpaired) electrons. The molecule has 0 saturated heterocycles. The third-order valence-corrected chi connectivity index (χ3v) is 4.38. The SMILES string of the molecule is CCC(N)(CC)CNC(=O)c1cccc(Br)c1C.Cl. The van der Waals surface area contributed by atoms with E-state index in [0.717, 1.165) is 22.9 Å². The van der Waals surface area contributed by atoms with Crippen LogP contribution in [0.2, 0.25) is 0 Å². The lowest BCUT2D eigenvalue weighted by Crippen LogP contribution is -2.49. The van der Waals surface area contributed by atoms with Crippen LogP contribution in [0.5, 0.6) is 0 Å². The quantitative estimate of drug-likeness (QED) is 0.855. The van der Waals surface area contributed by atoms with E-state index in [2.05, 4.69) is 21.2 Å². The molecule has 1 aromatic rings. The molecule has 1 amide bonds. The number of benzene rings is 1. The lowest BCUT2D eigenvalue weighted by atomic mass is 9.94. The van der Waals surface area contributed by atoms with Crippen LogP contribution < -0.4 is 11.1 Å². The van der Waals surface area contributed by atoms with E-state index in [9.17, 15) is 4.79 Å². The lowest BCUT2D eigenvalue weighted by molar-refractivity contribution is 0.0941. The highest BCUT2D eigenvalue weighted by Crippen LogP contribution is 2.19. The van der Waals surface area contributed by atoms with Gasteiger partial charge >= 0.3 is 0 Å². The summed E-state index contributed by atoms with van der Waals surface area (Å²) in [6, 6.07) is 5.62. The Morgan fingerprint density at radius 1 is 1.37 bits per heavy atom. The van der Waals surface area contributed by atoms with Crippen molar-refractivity contribution in [2.24, 2.45) is 5.73 Å². The maximum atomic E-state index is 12.1. The van der Waals surface area contributed by atoms with Gasteiger partial charge in [-0.15, -0.1) is 12.4 Å². The molecule has 3 nitrogen and oxygen atoms in total. The van der Waals surface area contributed by atoms with E-state index in [0.29, 0.717) is 12.1 Å². The van der Waals surface area contributed by atoms with Gasteiger partial charge in [-0.25, -0.2) is 0 Å². The largest absolute Gasteiger partial charge is 0.350 e. The average molecular weight is 350 g/mol. The van der Waals surface area contributed by atoms with Gasteiger partial charge in [0.05, 0.1) is 0 Å². The van der Waals surface area contributed by atoms with E-state index < -0.39 is 0 Å². The fourth-order valence-corrected chi connectivity index (χ4v) is 2.07. The highest BCUT2D eigenvalue weighted by Gasteiger charge is 2.21. The van der Waals surface area contributed by atoms with Gasteiger partial charge in [0.15, 0.2) is 0 Å². The van der Waals surface area contributed by atoms with Crippen molar-refractivity contribution in [3.63, 3.8) is 0 Å². The molecule has 0 spiro atoms. The summed E-state index contributed by atoms with van der Waals surface area (Å²) in [6.07, 6.45) is 1.70. The second-order valence-corrected chi connectivity index (χ2v) is 5.52. The van der Waals surface area contributed by atoms with Crippen molar-refractivity contribution < 1.29 is 4.79 Å². The molecule has 0 fully saturated rings. The number of carbonyl (C=O) groups excluding carboxylic acids is 1. The summed E-state index contributed by atoms with van der Waals surface area (Å²) in [4.78, 5) is 12.1. The van der Waals surface area contributed by atoms with Crippen molar-refractivity contribution in [1.29, 1.82) is 0 Å². The molecule has 0 saturated carbocycles. The van der Waals surface area contributed by atoms with Crippen LogP contribution in [0.25, 0.3) is 0 Å². The Balaban J connectivity index is 0.00000324. The molecule has 19 heavy (non-hydrogen) atoms. The van der Waals surface area contributed by atoms with E-state index in [-0.39, 0.29) is 23.9 Å². The zero-order chi connectivity index (χ0) is 13.8. The van der Waals surface area contributed by atoms with Gasteiger partial charge in [0, 0.05) is 22.1 Å². The first-order valence-corrected chi connectivity index (χ1v) is 7.05. The maximum Gasteiger partial charge on any atom is 0.251 e. The second-order valence-electron chi connectivity index (χ2n) is 4.66. The molecular weight excluding hydrogens is 328 g/mol. The van der Waals surface area contributed by atoms with Crippen molar-refractivity contribution in [1.82, 2.24) is 5.32 Å². The molecule has 1 rings (SSSR count). The topological polar surface area (TPSA) is 55.1 Å². The van der Waals surface area contributed by atoms with Crippen LogP contribution in [0.3, 0.4) is 0 Å². The Morgan fingerprint density at radius 3 is 2.47 bits per heavy atom. The number of rotatable bonds is 5. The van der Waals surface area contributed by atoms with Gasteiger partial charge in [-0.05, 0) is 37.5 Å². The summed E-state index contributed by atoms with van der Waals surface area (Å²) in [5.74, 6) is -0.0643. The van der Waals surface area contributed by atoms with Crippen LogP contribution >= 0.6 is 28.3 Å². The summed E-state index contributed by atoms with van der Waals surface area (Å²) in [5.41, 5.74) is 7.50. The Kier molecular flexibility index (Phi) is 7.64. The Labute approximate surface area is 129 Å². The Morgan fingerprint density at radius 2 is 1.95 bits per heavy atom. The van der Waals surface area contributed by atoms with E-state index in [4.69, 9.17) is 5.73 Å². The van der Waals surface area contributed by atoms with Crippen LogP contribution in [-0.2, 0) is 0 Å². The molecule has 0 heterocycles. The van der Waals surface area contributed by atoms with E-state index in [1.807, 2.05) is 39.0 Å². The van der Waals surface area contributed by atoms with Gasteiger partial charge in [0.1, 0.15) is 0 Å². The van der Waals surface area contributed by atoms with Crippen molar-refractivity contribution >= 4 is 34.2 Å². The zero-order valence-corrected chi connectivity index (χ0v) is 14.0. The molecule has 1 aromatic carbocycles. The van der Waals surface area contributed by atoms with Crippen LogP contribution in [-0.4, -0.2) is 18.0 Å². The fraction of sp³-hybridized carbons (Fsp3) is 0.500. The number of hydrogen-bond acceptors (Lipinski definition) is 2. The van der Waals surface area contributed by atoms with E-state index in [1.165, 1.54) is 0 Å². The number of nitrogens with one attached hydrogen (secondary N) is 1. The number of amides is 1. The van der Waals surface area contributed by atoms with Crippen LogP contribution in [0, 0.1) is 6.92 Å². The number of nitrogens with two attached hydrogens (primary N) is 1. The zero-order valence-electron chi connectivity index (χ0n) is 11.6. The highest BCUT2D eigenvalue weighted by atomic mass is 79.9. The monoisotopic (exact) mass is 348 g/mol. The van der Waals surface area contributed by atoms with Gasteiger partial charge in [0.25, 0.3) is 5.91 Å². The Hall–Kier alpha value is -0.580. The van der Waals surface area contributed by atoms with Gasteiger partial charge < -0.3 is 11.1 Å². The van der Waals surface area contributed by atoms with Crippen molar-refractivity contribution in [2.75, 3.05) is 6.54 Å². The minimum absolute atomic E-state index is 0. The van der Waals surface area contributed by atoms with Crippen molar-refractivity contribution in [3.8, 4) is 0 Å². The second kappa shape index (κ2) is 7.88. The molecule has 0 aliphatic rings. The van der Waals surface area contributed by atoms with Gasteiger partial charge in [-0.1, -0.05) is 35.8 Å². The number of carbonyl (C=O) groups is 1. The molecule has 5 heteroatoms. The molecule has 108 valence electrons. The molecule has 0 atom stereocenters. The first-order valence-electron chi connectivity index (χ1n) is 6.25.